The summed E-state index contributed by atoms with van der Waals surface area (Å²) in [5, 5.41) is 3.23. The number of anilines is 2. The van der Waals surface area contributed by atoms with Gasteiger partial charge in [-0.2, -0.15) is 0 Å². The van der Waals surface area contributed by atoms with Gasteiger partial charge in [0.1, 0.15) is 12.4 Å². The molecule has 0 spiro atoms. The fraction of sp³-hybridized carbons (Fsp3) is 0.400. The first-order valence-electron chi connectivity index (χ1n) is 9.74. The second-order valence-electron chi connectivity index (χ2n) is 7.31. The Balaban J connectivity index is 1.45. The summed E-state index contributed by atoms with van der Waals surface area (Å²) in [5.41, 5.74) is 1.35. The molecule has 0 aliphatic carbocycles. The SMILES string of the molecule is Cc1nc(N2CC(NC(=O)Oc3ccc(Br)s3)C(C)C2=O)ccc1N1CCOCC1=O. The minimum absolute atomic E-state index is 0.0508. The lowest BCUT2D eigenvalue weighted by Gasteiger charge is -2.28. The molecular formula is C20H21BrN4O5S. The number of halogens is 1. The van der Waals surface area contributed by atoms with E-state index in [0.717, 1.165) is 3.79 Å². The van der Waals surface area contributed by atoms with Crippen LogP contribution in [0.3, 0.4) is 0 Å². The minimum Gasteiger partial charge on any atom is -0.399 e. The van der Waals surface area contributed by atoms with Gasteiger partial charge in [-0.1, -0.05) is 18.3 Å². The number of carbonyl (C=O) groups excluding carboxylic acids is 3. The number of aromatic nitrogens is 1. The third kappa shape index (κ3) is 4.58. The molecule has 9 nitrogen and oxygen atoms in total. The van der Waals surface area contributed by atoms with E-state index in [1.807, 2.05) is 0 Å². The monoisotopic (exact) mass is 508 g/mol. The van der Waals surface area contributed by atoms with Crippen LogP contribution in [0.4, 0.5) is 16.3 Å². The molecule has 3 amide bonds. The summed E-state index contributed by atoms with van der Waals surface area (Å²) < 4.78 is 11.3. The number of carbonyl (C=O) groups is 3. The number of hydrogen-bond acceptors (Lipinski definition) is 7. The predicted octanol–water partition coefficient (Wildman–Crippen LogP) is 2.72. The lowest BCUT2D eigenvalue weighted by molar-refractivity contribution is -0.125. The van der Waals surface area contributed by atoms with E-state index in [1.54, 1.807) is 47.9 Å². The number of amides is 3. The van der Waals surface area contributed by atoms with Crippen LogP contribution >= 0.6 is 27.3 Å². The average molecular weight is 509 g/mol. The number of pyridine rings is 1. The van der Waals surface area contributed by atoms with E-state index < -0.39 is 18.1 Å². The van der Waals surface area contributed by atoms with Crippen molar-refractivity contribution >= 4 is 56.7 Å². The first-order chi connectivity index (χ1) is 14.8. The first kappa shape index (κ1) is 21.7. The fourth-order valence-corrected chi connectivity index (χ4v) is 4.81. The molecule has 0 radical (unpaired) electrons. The van der Waals surface area contributed by atoms with E-state index in [2.05, 4.69) is 26.2 Å². The number of rotatable bonds is 4. The third-order valence-corrected chi connectivity index (χ3v) is 6.78. The van der Waals surface area contributed by atoms with Gasteiger partial charge < -0.3 is 19.7 Å². The van der Waals surface area contributed by atoms with Crippen LogP contribution in [0, 0.1) is 12.8 Å². The summed E-state index contributed by atoms with van der Waals surface area (Å²) >= 11 is 4.62. The molecule has 2 saturated heterocycles. The number of nitrogens with zero attached hydrogens (tertiary/aromatic N) is 3. The highest BCUT2D eigenvalue weighted by Gasteiger charge is 2.40. The van der Waals surface area contributed by atoms with E-state index in [9.17, 15) is 14.4 Å². The largest absolute Gasteiger partial charge is 0.413 e. The maximum atomic E-state index is 12.8. The maximum absolute atomic E-state index is 12.8. The molecule has 1 N–H and O–H groups in total. The summed E-state index contributed by atoms with van der Waals surface area (Å²) in [6.45, 7) is 4.84. The summed E-state index contributed by atoms with van der Waals surface area (Å²) in [4.78, 5) is 44.9. The topological polar surface area (TPSA) is 101 Å². The second kappa shape index (κ2) is 8.93. The van der Waals surface area contributed by atoms with Crippen molar-refractivity contribution in [3.63, 3.8) is 0 Å². The Bertz CT molecular complexity index is 1030. The molecule has 0 aromatic carbocycles. The Morgan fingerprint density at radius 2 is 2.10 bits per heavy atom. The van der Waals surface area contributed by atoms with E-state index in [-0.39, 0.29) is 25.0 Å². The zero-order valence-electron chi connectivity index (χ0n) is 17.0. The molecule has 31 heavy (non-hydrogen) atoms. The molecule has 2 aromatic heterocycles. The van der Waals surface area contributed by atoms with Crippen molar-refractivity contribution in [3.05, 3.63) is 33.7 Å². The number of hydrogen-bond donors (Lipinski definition) is 1. The molecule has 4 rings (SSSR count). The molecule has 4 heterocycles. The standard InChI is InChI=1S/C20H21BrN4O5S/c1-11-13(23-20(28)30-18-6-4-15(21)31-18)9-25(19(11)27)16-5-3-14(12(2)22-16)24-7-8-29-10-17(24)26/h3-6,11,13H,7-10H2,1-2H3,(H,23,28). The van der Waals surface area contributed by atoms with Gasteiger partial charge in [0.15, 0.2) is 5.06 Å². The van der Waals surface area contributed by atoms with Gasteiger partial charge in [0.2, 0.25) is 5.91 Å². The van der Waals surface area contributed by atoms with E-state index >= 15 is 0 Å². The molecule has 2 fully saturated rings. The van der Waals surface area contributed by atoms with E-state index in [0.29, 0.717) is 35.4 Å². The molecule has 2 unspecified atom stereocenters. The Hall–Kier alpha value is -2.50. The summed E-state index contributed by atoms with van der Waals surface area (Å²) in [5.74, 6) is -0.189. The van der Waals surface area contributed by atoms with Crippen molar-refractivity contribution in [2.75, 3.05) is 36.1 Å². The summed E-state index contributed by atoms with van der Waals surface area (Å²) in [7, 11) is 0. The maximum Gasteiger partial charge on any atom is 0.413 e. The number of morpholine rings is 1. The normalized spacial score (nSPS) is 21.5. The molecule has 0 bridgehead atoms. The molecule has 2 aliphatic heterocycles. The quantitative estimate of drug-likeness (QED) is 0.681. The van der Waals surface area contributed by atoms with Gasteiger partial charge in [-0.25, -0.2) is 9.78 Å². The number of aryl methyl sites for hydroxylation is 1. The van der Waals surface area contributed by atoms with Crippen molar-refractivity contribution in [1.82, 2.24) is 10.3 Å². The molecule has 164 valence electrons. The van der Waals surface area contributed by atoms with Crippen molar-refractivity contribution in [2.24, 2.45) is 5.92 Å². The summed E-state index contributed by atoms with van der Waals surface area (Å²) in [6.07, 6.45) is -0.605. The highest BCUT2D eigenvalue weighted by Crippen LogP contribution is 2.30. The smallest absolute Gasteiger partial charge is 0.399 e. The van der Waals surface area contributed by atoms with Crippen molar-refractivity contribution in [1.29, 1.82) is 0 Å². The van der Waals surface area contributed by atoms with Crippen LogP contribution in [0.5, 0.6) is 5.06 Å². The van der Waals surface area contributed by atoms with Gasteiger partial charge in [-0.15, -0.1) is 0 Å². The van der Waals surface area contributed by atoms with Crippen LogP contribution in [-0.4, -0.2) is 55.2 Å². The van der Waals surface area contributed by atoms with Gasteiger partial charge in [0.05, 0.1) is 33.7 Å². The molecule has 2 atom stereocenters. The third-order valence-electron chi connectivity index (χ3n) is 5.28. The van der Waals surface area contributed by atoms with Gasteiger partial charge >= 0.3 is 6.09 Å². The van der Waals surface area contributed by atoms with Crippen LogP contribution < -0.4 is 19.9 Å². The molecular weight excluding hydrogens is 488 g/mol. The van der Waals surface area contributed by atoms with Gasteiger partial charge in [0, 0.05) is 13.1 Å². The van der Waals surface area contributed by atoms with Crippen molar-refractivity contribution in [3.8, 4) is 5.06 Å². The number of nitrogens with one attached hydrogen (secondary N) is 1. The fourth-order valence-electron chi connectivity index (χ4n) is 3.61. The zero-order valence-corrected chi connectivity index (χ0v) is 19.4. The Morgan fingerprint density at radius 1 is 1.29 bits per heavy atom. The summed E-state index contributed by atoms with van der Waals surface area (Å²) in [6, 6.07) is 6.59. The second-order valence-corrected chi connectivity index (χ2v) is 9.73. The van der Waals surface area contributed by atoms with Crippen LogP contribution in [0.2, 0.25) is 0 Å². The van der Waals surface area contributed by atoms with Crippen LogP contribution in [0.25, 0.3) is 0 Å². The lowest BCUT2D eigenvalue weighted by atomic mass is 10.1. The average Bonchev–Trinajstić information content (AvgIpc) is 3.26. The minimum atomic E-state index is -0.605. The first-order valence-corrected chi connectivity index (χ1v) is 11.3. The Kier molecular flexibility index (Phi) is 6.26. The molecule has 2 aliphatic rings. The van der Waals surface area contributed by atoms with E-state index in [4.69, 9.17) is 9.47 Å². The van der Waals surface area contributed by atoms with Crippen LogP contribution in [-0.2, 0) is 14.3 Å². The Morgan fingerprint density at radius 3 is 2.77 bits per heavy atom. The Labute approximate surface area is 191 Å². The van der Waals surface area contributed by atoms with Crippen LogP contribution in [0.15, 0.2) is 28.1 Å². The van der Waals surface area contributed by atoms with Crippen molar-refractivity contribution < 1.29 is 23.9 Å². The molecule has 0 saturated carbocycles. The molecule has 2 aromatic rings. The number of ether oxygens (including phenoxy) is 2. The number of thiophene rings is 1. The van der Waals surface area contributed by atoms with Crippen LogP contribution in [0.1, 0.15) is 12.6 Å². The van der Waals surface area contributed by atoms with Gasteiger partial charge in [-0.3, -0.25) is 14.5 Å². The lowest BCUT2D eigenvalue weighted by Crippen LogP contribution is -2.42. The van der Waals surface area contributed by atoms with E-state index in [1.165, 1.54) is 11.3 Å². The van der Waals surface area contributed by atoms with Crippen molar-refractivity contribution in [2.45, 2.75) is 19.9 Å². The highest BCUT2D eigenvalue weighted by molar-refractivity contribution is 9.11. The highest BCUT2D eigenvalue weighted by atomic mass is 79.9. The predicted molar refractivity (Wildman–Crippen MR) is 119 cm³/mol. The van der Waals surface area contributed by atoms with Gasteiger partial charge in [0.25, 0.3) is 5.91 Å². The zero-order chi connectivity index (χ0) is 22.1. The van der Waals surface area contributed by atoms with Gasteiger partial charge in [-0.05, 0) is 47.1 Å². The molecule has 11 heteroatoms.